The summed E-state index contributed by atoms with van der Waals surface area (Å²) in [6.45, 7) is 0.282. The first-order valence-electron chi connectivity index (χ1n) is 6.82. The van der Waals surface area contributed by atoms with E-state index in [1.165, 1.54) is 0 Å². The highest BCUT2D eigenvalue weighted by Gasteiger charge is 2.14. The van der Waals surface area contributed by atoms with Gasteiger partial charge in [-0.25, -0.2) is 18.0 Å². The first-order chi connectivity index (χ1) is 11.0. The van der Waals surface area contributed by atoms with Gasteiger partial charge in [0.25, 0.3) is 0 Å². The van der Waals surface area contributed by atoms with E-state index in [1.54, 1.807) is 13.2 Å². The van der Waals surface area contributed by atoms with Crippen molar-refractivity contribution in [1.82, 2.24) is 5.32 Å². The Kier molecular flexibility index (Phi) is 5.46. The number of carbonyl (C=O) groups excluding carboxylic acids is 1. The molecule has 0 aromatic heterocycles. The lowest BCUT2D eigenvalue weighted by molar-refractivity contribution is 0.252. The Hall–Kier alpha value is -2.70. The summed E-state index contributed by atoms with van der Waals surface area (Å²) in [7, 11) is 1.56. The van der Waals surface area contributed by atoms with Crippen LogP contribution in [0.3, 0.4) is 0 Å². The second-order valence-corrected chi connectivity index (χ2v) is 4.71. The van der Waals surface area contributed by atoms with Crippen LogP contribution in [-0.2, 0) is 6.42 Å². The molecule has 0 atom stereocenters. The molecule has 0 saturated carbocycles. The summed E-state index contributed by atoms with van der Waals surface area (Å²) < 4.78 is 44.4. The zero-order chi connectivity index (χ0) is 16.8. The summed E-state index contributed by atoms with van der Waals surface area (Å²) in [5, 5.41) is 4.64. The molecule has 0 spiro atoms. The third-order valence-corrected chi connectivity index (χ3v) is 3.12. The molecular formula is C16H15F3N2O2. The second-order valence-electron chi connectivity index (χ2n) is 4.71. The third-order valence-electron chi connectivity index (χ3n) is 3.12. The van der Waals surface area contributed by atoms with Crippen LogP contribution in [0, 0.1) is 17.5 Å². The Morgan fingerprint density at radius 2 is 1.91 bits per heavy atom. The standard InChI is InChI=1S/C16H15F3N2O2/c1-23-11-4-2-3-10(9-11)7-8-20-16(22)21-13-6-5-12(17)14(18)15(13)19/h2-6,9H,7-8H2,1H3,(H2,20,21,22). The van der Waals surface area contributed by atoms with Crippen LogP contribution in [-0.4, -0.2) is 19.7 Å². The summed E-state index contributed by atoms with van der Waals surface area (Å²) in [5.41, 5.74) is 0.520. The van der Waals surface area contributed by atoms with Crippen molar-refractivity contribution in [2.75, 3.05) is 19.0 Å². The van der Waals surface area contributed by atoms with Crippen LogP contribution in [0.5, 0.6) is 5.75 Å². The predicted octanol–water partition coefficient (Wildman–Crippen LogP) is 3.48. The topological polar surface area (TPSA) is 50.4 Å². The van der Waals surface area contributed by atoms with Crippen molar-refractivity contribution in [3.63, 3.8) is 0 Å². The van der Waals surface area contributed by atoms with Gasteiger partial charge in [-0.05, 0) is 36.2 Å². The van der Waals surface area contributed by atoms with Gasteiger partial charge in [-0.2, -0.15) is 0 Å². The minimum absolute atomic E-state index is 0.282. The highest BCUT2D eigenvalue weighted by Crippen LogP contribution is 2.19. The molecule has 122 valence electrons. The molecule has 4 nitrogen and oxygen atoms in total. The van der Waals surface area contributed by atoms with Crippen LogP contribution < -0.4 is 15.4 Å². The van der Waals surface area contributed by atoms with Gasteiger partial charge >= 0.3 is 6.03 Å². The molecule has 0 aliphatic heterocycles. The number of urea groups is 1. The summed E-state index contributed by atoms with van der Waals surface area (Å²) in [4.78, 5) is 11.6. The molecule has 0 saturated heterocycles. The third kappa shape index (κ3) is 4.38. The first kappa shape index (κ1) is 16.7. The van der Waals surface area contributed by atoms with Gasteiger partial charge < -0.3 is 15.4 Å². The minimum atomic E-state index is -1.63. The van der Waals surface area contributed by atoms with Crippen LogP contribution in [0.15, 0.2) is 36.4 Å². The molecule has 2 rings (SSSR count). The fourth-order valence-corrected chi connectivity index (χ4v) is 1.94. The normalized spacial score (nSPS) is 10.3. The van der Waals surface area contributed by atoms with Crippen LogP contribution >= 0.6 is 0 Å². The Balaban J connectivity index is 1.87. The van der Waals surface area contributed by atoms with Crippen molar-refractivity contribution in [3.05, 3.63) is 59.4 Å². The van der Waals surface area contributed by atoms with E-state index in [2.05, 4.69) is 10.6 Å². The molecule has 0 unspecified atom stereocenters. The van der Waals surface area contributed by atoms with E-state index < -0.39 is 29.2 Å². The Bertz CT molecular complexity index is 708. The largest absolute Gasteiger partial charge is 0.497 e. The van der Waals surface area contributed by atoms with Crippen molar-refractivity contribution in [2.45, 2.75) is 6.42 Å². The lowest BCUT2D eigenvalue weighted by Crippen LogP contribution is -2.30. The van der Waals surface area contributed by atoms with Gasteiger partial charge in [0.05, 0.1) is 12.8 Å². The molecule has 0 aliphatic rings. The highest BCUT2D eigenvalue weighted by atomic mass is 19.2. The molecule has 2 aromatic carbocycles. The SMILES string of the molecule is COc1cccc(CCNC(=O)Nc2ccc(F)c(F)c2F)c1. The molecule has 0 fully saturated rings. The molecule has 2 aromatic rings. The predicted molar refractivity (Wildman–Crippen MR) is 80.0 cm³/mol. The molecule has 0 aliphatic carbocycles. The monoisotopic (exact) mass is 324 g/mol. The highest BCUT2D eigenvalue weighted by molar-refractivity contribution is 5.89. The molecule has 2 N–H and O–H groups in total. The molecular weight excluding hydrogens is 309 g/mol. The van der Waals surface area contributed by atoms with E-state index in [0.717, 1.165) is 17.7 Å². The number of carbonyl (C=O) groups is 1. The lowest BCUT2D eigenvalue weighted by atomic mass is 10.1. The summed E-state index contributed by atoms with van der Waals surface area (Å²) in [5.74, 6) is -3.67. The minimum Gasteiger partial charge on any atom is -0.497 e. The van der Waals surface area contributed by atoms with Gasteiger partial charge in [0.15, 0.2) is 17.5 Å². The Morgan fingerprint density at radius 3 is 2.65 bits per heavy atom. The number of hydrogen-bond acceptors (Lipinski definition) is 2. The maximum absolute atomic E-state index is 13.4. The molecule has 0 heterocycles. The number of halogens is 3. The van der Waals surface area contributed by atoms with Gasteiger partial charge in [0, 0.05) is 6.54 Å². The van der Waals surface area contributed by atoms with Gasteiger partial charge in [0.2, 0.25) is 0 Å². The molecule has 7 heteroatoms. The zero-order valence-corrected chi connectivity index (χ0v) is 12.3. The van der Waals surface area contributed by atoms with E-state index in [4.69, 9.17) is 4.74 Å². The average Bonchev–Trinajstić information content (AvgIpc) is 2.55. The fraction of sp³-hybridized carbons (Fsp3) is 0.188. The number of methoxy groups -OCH3 is 1. The maximum atomic E-state index is 13.4. The van der Waals surface area contributed by atoms with Crippen molar-refractivity contribution in [1.29, 1.82) is 0 Å². The average molecular weight is 324 g/mol. The quantitative estimate of drug-likeness (QED) is 0.827. The van der Waals surface area contributed by atoms with Crippen LogP contribution in [0.2, 0.25) is 0 Å². The zero-order valence-electron chi connectivity index (χ0n) is 12.3. The molecule has 2 amide bonds. The van der Waals surface area contributed by atoms with Gasteiger partial charge in [-0.1, -0.05) is 12.1 Å². The van der Waals surface area contributed by atoms with Crippen molar-refractivity contribution < 1.29 is 22.7 Å². The Labute approximate surface area is 131 Å². The van der Waals surface area contributed by atoms with Crippen LogP contribution in [0.25, 0.3) is 0 Å². The lowest BCUT2D eigenvalue weighted by Gasteiger charge is -2.09. The van der Waals surface area contributed by atoms with Crippen molar-refractivity contribution >= 4 is 11.7 Å². The van der Waals surface area contributed by atoms with E-state index in [-0.39, 0.29) is 6.54 Å². The van der Waals surface area contributed by atoms with Gasteiger partial charge in [-0.15, -0.1) is 0 Å². The smallest absolute Gasteiger partial charge is 0.319 e. The molecule has 0 radical (unpaired) electrons. The number of anilines is 1. The summed E-state index contributed by atoms with van der Waals surface area (Å²) >= 11 is 0. The maximum Gasteiger partial charge on any atom is 0.319 e. The first-order valence-corrected chi connectivity index (χ1v) is 6.82. The number of nitrogens with one attached hydrogen (secondary N) is 2. The van der Waals surface area contributed by atoms with Crippen molar-refractivity contribution in [2.24, 2.45) is 0 Å². The van der Waals surface area contributed by atoms with E-state index in [9.17, 15) is 18.0 Å². The molecule has 0 bridgehead atoms. The number of hydrogen-bond donors (Lipinski definition) is 2. The van der Waals surface area contributed by atoms with Crippen molar-refractivity contribution in [3.8, 4) is 5.75 Å². The number of ether oxygens (including phenoxy) is 1. The van der Waals surface area contributed by atoms with E-state index >= 15 is 0 Å². The second kappa shape index (κ2) is 7.53. The Morgan fingerprint density at radius 1 is 1.13 bits per heavy atom. The van der Waals surface area contributed by atoms with Gasteiger partial charge in [0.1, 0.15) is 5.75 Å². The number of benzene rings is 2. The summed E-state index contributed by atoms with van der Waals surface area (Å²) in [6, 6.07) is 8.31. The fourth-order valence-electron chi connectivity index (χ4n) is 1.94. The van der Waals surface area contributed by atoms with Gasteiger partial charge in [-0.3, -0.25) is 0 Å². The van der Waals surface area contributed by atoms with Crippen LogP contribution in [0.1, 0.15) is 5.56 Å². The summed E-state index contributed by atoms with van der Waals surface area (Å²) in [6.07, 6.45) is 0.533. The number of amides is 2. The van der Waals surface area contributed by atoms with Crippen LogP contribution in [0.4, 0.5) is 23.7 Å². The number of rotatable bonds is 5. The molecule has 23 heavy (non-hydrogen) atoms. The van der Waals surface area contributed by atoms with E-state index in [0.29, 0.717) is 12.2 Å². The van der Waals surface area contributed by atoms with E-state index in [1.807, 2.05) is 18.2 Å².